The van der Waals surface area contributed by atoms with Gasteiger partial charge in [-0.1, -0.05) is 13.8 Å². The first-order chi connectivity index (χ1) is 19.2. The Bertz CT molecular complexity index is 1130. The van der Waals surface area contributed by atoms with Gasteiger partial charge in [-0.3, -0.25) is 38.6 Å². The first-order valence-corrected chi connectivity index (χ1v) is 16.6. The lowest BCUT2D eigenvalue weighted by molar-refractivity contribution is -0.155. The Morgan fingerprint density at radius 1 is 0.756 bits per heavy atom. The van der Waals surface area contributed by atoms with E-state index in [0.717, 1.165) is 34.2 Å². The van der Waals surface area contributed by atoms with Gasteiger partial charge in [-0.05, 0) is 70.3 Å². The third kappa shape index (κ3) is 6.28. The lowest BCUT2D eigenvalue weighted by Gasteiger charge is -2.43. The van der Waals surface area contributed by atoms with Crippen LogP contribution in [0.5, 0.6) is 0 Å². The van der Waals surface area contributed by atoms with Gasteiger partial charge in [0.05, 0.1) is 11.8 Å². The van der Waals surface area contributed by atoms with Crippen molar-refractivity contribution in [2.24, 2.45) is 23.7 Å². The molecule has 2 saturated heterocycles. The van der Waals surface area contributed by atoms with Gasteiger partial charge < -0.3 is 0 Å². The summed E-state index contributed by atoms with van der Waals surface area (Å²) in [6.45, 7) is 11.1. The number of imide groups is 2. The van der Waals surface area contributed by atoms with Crippen LogP contribution in [0, 0.1) is 23.7 Å². The molecule has 4 aliphatic rings. The molecule has 0 aromatic heterocycles. The fourth-order valence-electron chi connectivity index (χ4n) is 6.20. The lowest BCUT2D eigenvalue weighted by atomic mass is 9.80. The smallest absolute Gasteiger partial charge is 0.254 e. The summed E-state index contributed by atoms with van der Waals surface area (Å²) in [4.78, 5) is 82.0. The van der Waals surface area contributed by atoms with Crippen LogP contribution in [0.1, 0.15) is 86.5 Å². The standard InChI is InChI=1S/C31H42N2O6S2/c1-18(30(3,4)32-26(36)16-24-22(28(32)38)10-12-40-24)14-20(34)8-7-9-21(35)15-19(2)31(5,6)33-27(37)17-25-23(29(33)39)11-13-41-25/h16-19,22-23H,7-15H2,1-6H3. The monoisotopic (exact) mass is 602 g/mol. The van der Waals surface area contributed by atoms with Crippen molar-refractivity contribution in [3.05, 3.63) is 22.0 Å². The first kappa shape index (κ1) is 31.7. The maximum Gasteiger partial charge on any atom is 0.254 e. The molecule has 4 rings (SSSR count). The Labute approximate surface area is 251 Å². The van der Waals surface area contributed by atoms with Crippen LogP contribution in [0.25, 0.3) is 0 Å². The van der Waals surface area contributed by atoms with Crippen LogP contribution in [-0.4, -0.2) is 67.6 Å². The molecule has 10 heteroatoms. The molecule has 0 bridgehead atoms. The number of carbonyl (C=O) groups excluding carboxylic acids is 6. The number of hydrogen-bond acceptors (Lipinski definition) is 8. The number of fused-ring (bicyclic) bond motifs is 2. The number of thioether (sulfide) groups is 2. The summed E-state index contributed by atoms with van der Waals surface area (Å²) in [5.74, 6) is -0.281. The number of nitrogens with zero attached hydrogens (tertiary/aromatic N) is 2. The Morgan fingerprint density at radius 3 is 1.49 bits per heavy atom. The van der Waals surface area contributed by atoms with Crippen molar-refractivity contribution >= 4 is 58.7 Å². The molecule has 8 nitrogen and oxygen atoms in total. The van der Waals surface area contributed by atoms with E-state index in [1.165, 1.54) is 9.80 Å². The zero-order chi connectivity index (χ0) is 30.3. The Balaban J connectivity index is 1.25. The number of carbonyl (C=O) groups is 6. The van der Waals surface area contributed by atoms with Crippen molar-refractivity contribution in [2.75, 3.05) is 11.5 Å². The molecule has 0 N–H and O–H groups in total. The number of Topliss-reactive ketones (excluding diaryl/α,β-unsaturated/α-hetero) is 2. The number of amides is 4. The van der Waals surface area contributed by atoms with Gasteiger partial charge in [0.2, 0.25) is 11.8 Å². The van der Waals surface area contributed by atoms with Crippen LogP contribution < -0.4 is 0 Å². The Kier molecular flexibility index (Phi) is 9.43. The van der Waals surface area contributed by atoms with Crippen LogP contribution in [0.4, 0.5) is 0 Å². The second-order valence-corrected chi connectivity index (χ2v) is 15.3. The van der Waals surface area contributed by atoms with Crippen molar-refractivity contribution in [1.29, 1.82) is 0 Å². The zero-order valence-electron chi connectivity index (χ0n) is 25.0. The SMILES string of the molecule is CC(CC(=O)CCCC(=O)CC(C)C(C)(C)N1C(=O)C=C2SCCC2C1=O)C(C)(C)N1C(=O)C=C2SCCC2C1=O. The molecule has 4 heterocycles. The van der Waals surface area contributed by atoms with Gasteiger partial charge >= 0.3 is 0 Å². The van der Waals surface area contributed by atoms with E-state index < -0.39 is 11.1 Å². The van der Waals surface area contributed by atoms with Crippen molar-refractivity contribution < 1.29 is 28.8 Å². The zero-order valence-corrected chi connectivity index (χ0v) is 26.6. The Hall–Kier alpha value is -2.20. The molecule has 4 atom stereocenters. The number of hydrogen-bond donors (Lipinski definition) is 0. The average Bonchev–Trinajstić information content (AvgIpc) is 3.53. The maximum atomic E-state index is 13.1. The lowest BCUT2D eigenvalue weighted by Crippen LogP contribution is -2.57. The highest BCUT2D eigenvalue weighted by Gasteiger charge is 2.48. The van der Waals surface area contributed by atoms with Crippen molar-refractivity contribution in [3.63, 3.8) is 0 Å². The molecular weight excluding hydrogens is 560 g/mol. The minimum Gasteiger partial charge on any atom is -0.300 e. The third-order valence-corrected chi connectivity index (χ3v) is 11.9. The third-order valence-electron chi connectivity index (χ3n) is 9.59. The average molecular weight is 603 g/mol. The Morgan fingerprint density at radius 2 is 1.12 bits per heavy atom. The van der Waals surface area contributed by atoms with E-state index in [4.69, 9.17) is 0 Å². The molecule has 0 aromatic carbocycles. The molecule has 224 valence electrons. The topological polar surface area (TPSA) is 109 Å². The molecule has 0 radical (unpaired) electrons. The minimum atomic E-state index is -0.813. The van der Waals surface area contributed by atoms with Gasteiger partial charge in [-0.25, -0.2) is 0 Å². The molecule has 2 fully saturated rings. The summed E-state index contributed by atoms with van der Waals surface area (Å²) in [6, 6.07) is 0. The van der Waals surface area contributed by atoms with Gasteiger partial charge in [-0.2, -0.15) is 0 Å². The predicted octanol–water partition coefficient (Wildman–Crippen LogP) is 4.92. The maximum absolute atomic E-state index is 13.1. The van der Waals surface area contributed by atoms with Gasteiger partial charge in [0.25, 0.3) is 11.8 Å². The summed E-state index contributed by atoms with van der Waals surface area (Å²) in [5, 5.41) is 0. The van der Waals surface area contributed by atoms with Gasteiger partial charge in [0.1, 0.15) is 11.6 Å². The van der Waals surface area contributed by atoms with E-state index in [1.807, 2.05) is 41.5 Å². The van der Waals surface area contributed by atoms with E-state index in [-0.39, 0.29) is 84.6 Å². The van der Waals surface area contributed by atoms with Gasteiger partial charge in [-0.15, -0.1) is 23.5 Å². The van der Waals surface area contributed by atoms with Crippen LogP contribution in [0.15, 0.2) is 22.0 Å². The van der Waals surface area contributed by atoms with Crippen LogP contribution in [0.3, 0.4) is 0 Å². The molecule has 41 heavy (non-hydrogen) atoms. The summed E-state index contributed by atoms with van der Waals surface area (Å²) >= 11 is 3.14. The molecule has 4 unspecified atom stereocenters. The highest BCUT2D eigenvalue weighted by molar-refractivity contribution is 8.03. The van der Waals surface area contributed by atoms with E-state index in [9.17, 15) is 28.8 Å². The summed E-state index contributed by atoms with van der Waals surface area (Å²) in [5.41, 5.74) is -1.63. The molecule has 4 aliphatic heterocycles. The molecule has 0 saturated carbocycles. The fraction of sp³-hybridized carbons (Fsp3) is 0.677. The van der Waals surface area contributed by atoms with E-state index in [1.54, 1.807) is 35.7 Å². The van der Waals surface area contributed by atoms with Crippen molar-refractivity contribution in [2.45, 2.75) is 97.6 Å². The summed E-state index contributed by atoms with van der Waals surface area (Å²) in [7, 11) is 0. The number of ketones is 2. The number of rotatable bonds is 12. The van der Waals surface area contributed by atoms with E-state index in [2.05, 4.69) is 0 Å². The highest BCUT2D eigenvalue weighted by Crippen LogP contribution is 2.44. The van der Waals surface area contributed by atoms with Crippen LogP contribution in [0.2, 0.25) is 0 Å². The van der Waals surface area contributed by atoms with E-state index in [0.29, 0.717) is 6.42 Å². The molecule has 0 aliphatic carbocycles. The largest absolute Gasteiger partial charge is 0.300 e. The minimum absolute atomic E-state index is 0.00199. The predicted molar refractivity (Wildman–Crippen MR) is 161 cm³/mol. The summed E-state index contributed by atoms with van der Waals surface area (Å²) in [6.07, 6.45) is 5.94. The van der Waals surface area contributed by atoms with Crippen LogP contribution >= 0.6 is 23.5 Å². The van der Waals surface area contributed by atoms with Gasteiger partial charge in [0, 0.05) is 58.7 Å². The molecule has 0 aromatic rings. The highest BCUT2D eigenvalue weighted by atomic mass is 32.2. The molecule has 0 spiro atoms. The molecule has 4 amide bonds. The molecular formula is C31H42N2O6S2. The van der Waals surface area contributed by atoms with Crippen molar-refractivity contribution in [1.82, 2.24) is 9.80 Å². The van der Waals surface area contributed by atoms with Crippen LogP contribution in [-0.2, 0) is 28.8 Å². The fourth-order valence-corrected chi connectivity index (χ4v) is 8.58. The second kappa shape index (κ2) is 12.2. The first-order valence-electron chi connectivity index (χ1n) is 14.6. The normalized spacial score (nSPS) is 24.6. The van der Waals surface area contributed by atoms with Gasteiger partial charge in [0.15, 0.2) is 0 Å². The van der Waals surface area contributed by atoms with Crippen molar-refractivity contribution in [3.8, 4) is 0 Å². The quantitative estimate of drug-likeness (QED) is 0.290. The second-order valence-electron chi connectivity index (χ2n) is 12.9. The van der Waals surface area contributed by atoms with E-state index >= 15 is 0 Å². The summed E-state index contributed by atoms with van der Waals surface area (Å²) < 4.78 is 0.